The van der Waals surface area contributed by atoms with Crippen LogP contribution < -0.4 is 5.32 Å². The first-order chi connectivity index (χ1) is 12.7. The molecule has 1 aliphatic rings. The van der Waals surface area contributed by atoms with Gasteiger partial charge in [0, 0.05) is 23.9 Å². The molecule has 1 N–H and O–H groups in total. The zero-order valence-corrected chi connectivity index (χ0v) is 15.9. The molecule has 0 radical (unpaired) electrons. The third-order valence-corrected chi connectivity index (χ3v) is 5.56. The Morgan fingerprint density at radius 1 is 1.04 bits per heavy atom. The molecule has 0 unspecified atom stereocenters. The molecule has 0 aromatic heterocycles. The molecule has 28 heavy (non-hydrogen) atoms. The maximum Gasteiger partial charge on any atom is 0.416 e. The molecular weight excluding hydrogens is 384 g/mol. The normalized spacial score (nSPS) is 20.5. The Morgan fingerprint density at radius 3 is 2.04 bits per heavy atom. The lowest BCUT2D eigenvalue weighted by atomic mass is 9.68. The minimum absolute atomic E-state index is 0.0144. The Balaban J connectivity index is 2.32. The fraction of sp³-hybridized carbons (Fsp3) is 0.550. The van der Waals surface area contributed by atoms with E-state index in [1.807, 2.05) is 6.92 Å². The summed E-state index contributed by atoms with van der Waals surface area (Å²) in [5.74, 6) is 0.0779. The summed E-state index contributed by atoms with van der Waals surface area (Å²) in [7, 11) is 0. The van der Waals surface area contributed by atoms with Gasteiger partial charge < -0.3 is 5.32 Å². The zero-order chi connectivity index (χ0) is 21.3. The van der Waals surface area contributed by atoms with Gasteiger partial charge in [-0.15, -0.1) is 0 Å². The zero-order valence-electron chi connectivity index (χ0n) is 15.9. The second-order valence-corrected chi connectivity index (χ2v) is 7.81. The van der Waals surface area contributed by atoms with Crippen molar-refractivity contribution in [2.75, 3.05) is 5.32 Å². The van der Waals surface area contributed by atoms with Gasteiger partial charge in [0.1, 0.15) is 0 Å². The average Bonchev–Trinajstić information content (AvgIpc) is 2.59. The number of carbonyl (C=O) groups excluding carboxylic acids is 1. The van der Waals surface area contributed by atoms with Crippen LogP contribution in [0.4, 0.5) is 32.0 Å². The molecule has 0 bridgehead atoms. The molecule has 8 heteroatoms. The van der Waals surface area contributed by atoms with Crippen LogP contribution in [0.2, 0.25) is 0 Å². The van der Waals surface area contributed by atoms with Gasteiger partial charge in [-0.3, -0.25) is 4.79 Å². The van der Waals surface area contributed by atoms with Gasteiger partial charge in [-0.2, -0.15) is 26.3 Å². The largest absolute Gasteiger partial charge is 0.416 e. The molecule has 156 valence electrons. The molecule has 1 saturated carbocycles. The fourth-order valence-corrected chi connectivity index (χ4v) is 3.25. The lowest BCUT2D eigenvalue weighted by molar-refractivity contribution is -0.143. The predicted octanol–water partition coefficient (Wildman–Crippen LogP) is 6.83. The molecule has 0 saturated heterocycles. The highest BCUT2D eigenvalue weighted by Gasteiger charge is 2.37. The molecule has 2 rings (SSSR count). The highest BCUT2D eigenvalue weighted by atomic mass is 19.4. The van der Waals surface area contributed by atoms with Crippen molar-refractivity contribution in [2.24, 2.45) is 11.3 Å². The van der Waals surface area contributed by atoms with Crippen LogP contribution in [-0.4, -0.2) is 5.78 Å². The summed E-state index contributed by atoms with van der Waals surface area (Å²) in [6.07, 6.45) is -6.21. The number of benzene rings is 1. The average molecular weight is 407 g/mol. The number of halogens is 6. The molecular formula is C20H23F6NO. The first-order valence-electron chi connectivity index (χ1n) is 9.02. The van der Waals surface area contributed by atoms with Crippen LogP contribution in [0.25, 0.3) is 0 Å². The highest BCUT2D eigenvalue weighted by molar-refractivity contribution is 5.96. The van der Waals surface area contributed by atoms with Crippen LogP contribution in [-0.2, 0) is 17.1 Å². The maximum atomic E-state index is 12.9. The number of allylic oxidation sites excluding steroid dienone is 1. The summed E-state index contributed by atoms with van der Waals surface area (Å²) < 4.78 is 77.7. The van der Waals surface area contributed by atoms with Crippen molar-refractivity contribution in [3.8, 4) is 0 Å². The van der Waals surface area contributed by atoms with Crippen LogP contribution in [0.5, 0.6) is 0 Å². The van der Waals surface area contributed by atoms with Gasteiger partial charge in [0.15, 0.2) is 5.78 Å². The standard InChI is InChI=1S/C20H23F6NO/c1-4-18(2,3)13-5-6-17(28)12(7-13)11-27-16-9-14(19(21,22)23)8-15(10-16)20(24,25)26/h8-11,13,27H,4-7H2,1-3H3/b12-11+/t13-/m1/s1. The van der Waals surface area contributed by atoms with Gasteiger partial charge in [0.2, 0.25) is 0 Å². The quantitative estimate of drug-likeness (QED) is 0.438. The van der Waals surface area contributed by atoms with Crippen molar-refractivity contribution in [2.45, 2.75) is 58.8 Å². The second kappa shape index (κ2) is 7.79. The number of Topliss-reactive ketones (excluding diaryl/α,β-unsaturated/α-hetero) is 1. The molecule has 1 aromatic rings. The molecule has 0 spiro atoms. The lowest BCUT2D eigenvalue weighted by Crippen LogP contribution is -2.29. The van der Waals surface area contributed by atoms with Crippen molar-refractivity contribution in [1.29, 1.82) is 0 Å². The molecule has 0 heterocycles. The van der Waals surface area contributed by atoms with E-state index in [9.17, 15) is 31.1 Å². The van der Waals surface area contributed by atoms with Crippen LogP contribution in [0.3, 0.4) is 0 Å². The van der Waals surface area contributed by atoms with E-state index in [2.05, 4.69) is 19.2 Å². The SMILES string of the molecule is CCC(C)(C)[C@@H]1CCC(=O)/C(=C/Nc2cc(C(F)(F)F)cc(C(F)(F)F)c2)C1. The maximum absolute atomic E-state index is 12.9. The minimum atomic E-state index is -4.91. The van der Waals surface area contributed by atoms with E-state index in [1.54, 1.807) is 0 Å². The highest BCUT2D eigenvalue weighted by Crippen LogP contribution is 2.41. The summed E-state index contributed by atoms with van der Waals surface area (Å²) in [6, 6.07) is 1.28. The summed E-state index contributed by atoms with van der Waals surface area (Å²) >= 11 is 0. The molecule has 2 nitrogen and oxygen atoms in total. The number of hydrogen-bond donors (Lipinski definition) is 1. The third kappa shape index (κ3) is 5.29. The van der Waals surface area contributed by atoms with Crippen LogP contribution in [0.1, 0.15) is 57.6 Å². The van der Waals surface area contributed by atoms with E-state index in [4.69, 9.17) is 0 Å². The number of rotatable bonds is 4. The van der Waals surface area contributed by atoms with Crippen LogP contribution >= 0.6 is 0 Å². The van der Waals surface area contributed by atoms with Crippen molar-refractivity contribution < 1.29 is 31.1 Å². The van der Waals surface area contributed by atoms with Crippen molar-refractivity contribution >= 4 is 11.5 Å². The Bertz CT molecular complexity index is 729. The molecule has 1 atom stereocenters. The topological polar surface area (TPSA) is 29.1 Å². The smallest absolute Gasteiger partial charge is 0.361 e. The van der Waals surface area contributed by atoms with Crippen molar-refractivity contribution in [3.05, 3.63) is 41.1 Å². The summed E-state index contributed by atoms with van der Waals surface area (Å²) in [4.78, 5) is 12.2. The van der Waals surface area contributed by atoms with Crippen LogP contribution in [0.15, 0.2) is 30.0 Å². The number of anilines is 1. The van der Waals surface area contributed by atoms with Gasteiger partial charge in [-0.25, -0.2) is 0 Å². The van der Waals surface area contributed by atoms with Gasteiger partial charge in [0.25, 0.3) is 0 Å². The van der Waals surface area contributed by atoms with E-state index in [1.165, 1.54) is 6.20 Å². The van der Waals surface area contributed by atoms with Crippen molar-refractivity contribution in [1.82, 2.24) is 0 Å². The Morgan fingerprint density at radius 2 is 1.57 bits per heavy atom. The van der Waals surface area contributed by atoms with Gasteiger partial charge in [0.05, 0.1) is 11.1 Å². The third-order valence-electron chi connectivity index (χ3n) is 5.56. The number of nitrogens with one attached hydrogen (secondary N) is 1. The van der Waals surface area contributed by atoms with Gasteiger partial charge >= 0.3 is 12.4 Å². The van der Waals surface area contributed by atoms with Crippen molar-refractivity contribution in [3.63, 3.8) is 0 Å². The molecule has 0 aliphatic heterocycles. The summed E-state index contributed by atoms with van der Waals surface area (Å²) in [5.41, 5.74) is -2.78. The summed E-state index contributed by atoms with van der Waals surface area (Å²) in [5, 5.41) is 2.48. The monoisotopic (exact) mass is 407 g/mol. The minimum Gasteiger partial charge on any atom is -0.361 e. The van der Waals surface area contributed by atoms with E-state index < -0.39 is 23.5 Å². The predicted molar refractivity (Wildman–Crippen MR) is 94.6 cm³/mol. The first kappa shape index (κ1) is 22.3. The number of ketones is 1. The number of hydrogen-bond acceptors (Lipinski definition) is 2. The van der Waals surface area contributed by atoms with Gasteiger partial charge in [-0.05, 0) is 42.4 Å². The second-order valence-electron chi connectivity index (χ2n) is 7.81. The first-order valence-corrected chi connectivity index (χ1v) is 9.02. The Labute approximate surface area is 160 Å². The Kier molecular flexibility index (Phi) is 6.21. The van der Waals surface area contributed by atoms with Crippen LogP contribution in [0, 0.1) is 11.3 Å². The van der Waals surface area contributed by atoms with Gasteiger partial charge in [-0.1, -0.05) is 27.2 Å². The Hall–Kier alpha value is -1.99. The molecule has 1 aliphatic carbocycles. The van der Waals surface area contributed by atoms with E-state index >= 15 is 0 Å². The van der Waals surface area contributed by atoms with E-state index in [-0.39, 0.29) is 28.9 Å². The molecule has 1 aromatic carbocycles. The van der Waals surface area contributed by atoms with E-state index in [0.29, 0.717) is 30.5 Å². The lowest BCUT2D eigenvalue weighted by Gasteiger charge is -2.36. The molecule has 1 fully saturated rings. The number of alkyl halides is 6. The molecule has 0 amide bonds. The fourth-order valence-electron chi connectivity index (χ4n) is 3.25. The number of carbonyl (C=O) groups is 1. The summed E-state index contributed by atoms with van der Waals surface area (Å²) in [6.45, 7) is 6.21. The van der Waals surface area contributed by atoms with E-state index in [0.717, 1.165) is 12.8 Å².